The van der Waals surface area contributed by atoms with Gasteiger partial charge in [-0.1, -0.05) is 12.1 Å². The Morgan fingerprint density at radius 1 is 1.19 bits per heavy atom. The lowest BCUT2D eigenvalue weighted by atomic mass is 9.59. The summed E-state index contributed by atoms with van der Waals surface area (Å²) in [4.78, 5) is 24.6. The Morgan fingerprint density at radius 3 is 2.27 bits per heavy atom. The van der Waals surface area contributed by atoms with Crippen LogP contribution in [-0.2, 0) is 4.79 Å². The molecule has 3 rings (SSSR count). The molecule has 2 amide bonds. The van der Waals surface area contributed by atoms with E-state index in [1.807, 2.05) is 18.2 Å². The zero-order valence-corrected chi connectivity index (χ0v) is 14.0. The summed E-state index contributed by atoms with van der Waals surface area (Å²) in [6, 6.07) is 11.2. The van der Waals surface area contributed by atoms with Crippen molar-refractivity contribution in [1.29, 1.82) is 15.8 Å². The standard InChI is InChI=1S/C17H11N5O3S/c18-6-10-5-17(14(24)22-15(25)26-17)12(9-1-3-11(23)4-2-9)16(7-19,8-20)13(10)21/h1-4,12,23H,5,21H2,(H,22,24,25). The van der Waals surface area contributed by atoms with Crippen molar-refractivity contribution in [2.24, 2.45) is 11.1 Å². The minimum atomic E-state index is -2.02. The molecule has 26 heavy (non-hydrogen) atoms. The summed E-state index contributed by atoms with van der Waals surface area (Å²) in [5.41, 5.74) is 4.08. The van der Waals surface area contributed by atoms with Crippen molar-refractivity contribution in [2.45, 2.75) is 17.1 Å². The van der Waals surface area contributed by atoms with Gasteiger partial charge in [0.05, 0.1) is 29.5 Å². The van der Waals surface area contributed by atoms with Crippen LogP contribution in [0.25, 0.3) is 0 Å². The van der Waals surface area contributed by atoms with Crippen LogP contribution in [0.5, 0.6) is 5.75 Å². The van der Waals surface area contributed by atoms with Crippen molar-refractivity contribution in [3.63, 3.8) is 0 Å². The van der Waals surface area contributed by atoms with E-state index in [2.05, 4.69) is 5.32 Å². The topological polar surface area (TPSA) is 164 Å². The highest BCUT2D eigenvalue weighted by molar-refractivity contribution is 8.16. The minimum absolute atomic E-state index is 0.0426. The molecule has 4 N–H and O–H groups in total. The van der Waals surface area contributed by atoms with E-state index in [9.17, 15) is 30.5 Å². The molecule has 1 fully saturated rings. The second kappa shape index (κ2) is 5.80. The first kappa shape index (κ1) is 17.3. The number of allylic oxidation sites excluding steroid dienone is 2. The van der Waals surface area contributed by atoms with Gasteiger partial charge in [0.2, 0.25) is 5.91 Å². The van der Waals surface area contributed by atoms with Gasteiger partial charge < -0.3 is 10.8 Å². The Balaban J connectivity index is 2.38. The predicted octanol–water partition coefficient (Wildman–Crippen LogP) is 1.37. The molecule has 1 heterocycles. The minimum Gasteiger partial charge on any atom is -0.508 e. The number of phenolic OH excluding ortho intramolecular Hbond substituents is 1. The van der Waals surface area contributed by atoms with Crippen molar-refractivity contribution in [1.82, 2.24) is 5.32 Å². The van der Waals surface area contributed by atoms with Crippen molar-refractivity contribution in [2.75, 3.05) is 0 Å². The second-order valence-corrected chi connectivity index (χ2v) is 7.27. The summed E-state index contributed by atoms with van der Waals surface area (Å²) in [5.74, 6) is -1.83. The van der Waals surface area contributed by atoms with Crippen LogP contribution in [0, 0.1) is 39.4 Å². The van der Waals surface area contributed by atoms with Crippen LogP contribution < -0.4 is 11.1 Å². The van der Waals surface area contributed by atoms with E-state index in [4.69, 9.17) is 5.73 Å². The average molecular weight is 365 g/mol. The predicted molar refractivity (Wildman–Crippen MR) is 89.8 cm³/mol. The number of aromatic hydroxyl groups is 1. The van der Waals surface area contributed by atoms with Crippen LogP contribution >= 0.6 is 11.8 Å². The number of hydrogen-bond donors (Lipinski definition) is 3. The molecule has 1 aromatic rings. The summed E-state index contributed by atoms with van der Waals surface area (Å²) >= 11 is 0.653. The monoisotopic (exact) mass is 365 g/mol. The first-order valence-electron chi connectivity index (χ1n) is 7.39. The number of nitrogens with zero attached hydrogens (tertiary/aromatic N) is 3. The molecule has 1 saturated heterocycles. The lowest BCUT2D eigenvalue weighted by molar-refractivity contribution is -0.122. The fourth-order valence-corrected chi connectivity index (χ4v) is 4.77. The molecule has 9 heteroatoms. The number of nitriles is 3. The van der Waals surface area contributed by atoms with Gasteiger partial charge in [0.1, 0.15) is 10.5 Å². The summed E-state index contributed by atoms with van der Waals surface area (Å²) in [6.07, 6.45) is -0.186. The number of thioether (sulfide) groups is 1. The summed E-state index contributed by atoms with van der Waals surface area (Å²) < 4.78 is -1.56. The zero-order chi connectivity index (χ0) is 19.1. The molecular weight excluding hydrogens is 354 g/mol. The van der Waals surface area contributed by atoms with Gasteiger partial charge in [-0.3, -0.25) is 14.9 Å². The molecule has 1 aromatic carbocycles. The van der Waals surface area contributed by atoms with Gasteiger partial charge in [-0.15, -0.1) is 0 Å². The smallest absolute Gasteiger partial charge is 0.286 e. The number of hydrogen-bond acceptors (Lipinski definition) is 8. The number of amides is 2. The summed E-state index contributed by atoms with van der Waals surface area (Å²) in [6.45, 7) is 0. The molecule has 0 radical (unpaired) electrons. The van der Waals surface area contributed by atoms with Crippen molar-refractivity contribution >= 4 is 22.9 Å². The van der Waals surface area contributed by atoms with Gasteiger partial charge in [-0.2, -0.15) is 15.8 Å². The van der Waals surface area contributed by atoms with E-state index in [-0.39, 0.29) is 23.4 Å². The molecule has 2 atom stereocenters. The van der Waals surface area contributed by atoms with E-state index in [1.165, 1.54) is 24.3 Å². The van der Waals surface area contributed by atoms with E-state index in [0.717, 1.165) is 0 Å². The number of benzene rings is 1. The highest BCUT2D eigenvalue weighted by atomic mass is 32.2. The fourth-order valence-electron chi connectivity index (χ4n) is 3.51. The van der Waals surface area contributed by atoms with E-state index in [0.29, 0.717) is 17.3 Å². The third-order valence-electron chi connectivity index (χ3n) is 4.68. The van der Waals surface area contributed by atoms with Gasteiger partial charge in [0.15, 0.2) is 5.41 Å². The van der Waals surface area contributed by atoms with Gasteiger partial charge in [0, 0.05) is 12.3 Å². The third-order valence-corrected chi connectivity index (χ3v) is 5.89. The van der Waals surface area contributed by atoms with Crippen LogP contribution in [0.2, 0.25) is 0 Å². The molecule has 0 saturated carbocycles. The van der Waals surface area contributed by atoms with Crippen LogP contribution in [0.3, 0.4) is 0 Å². The lowest BCUT2D eigenvalue weighted by Gasteiger charge is -2.44. The Hall–Kier alpha value is -3.48. The molecular formula is C17H11N5O3S. The van der Waals surface area contributed by atoms with Gasteiger partial charge in [-0.05, 0) is 29.5 Å². The number of carbonyl (C=O) groups excluding carboxylic acids is 2. The van der Waals surface area contributed by atoms with Gasteiger partial charge in [0.25, 0.3) is 5.24 Å². The molecule has 0 aromatic heterocycles. The van der Waals surface area contributed by atoms with E-state index < -0.39 is 27.2 Å². The van der Waals surface area contributed by atoms with Crippen LogP contribution in [0.4, 0.5) is 4.79 Å². The van der Waals surface area contributed by atoms with Crippen LogP contribution in [0.15, 0.2) is 35.5 Å². The molecule has 0 bridgehead atoms. The molecule has 2 aliphatic rings. The molecule has 1 aliphatic carbocycles. The summed E-state index contributed by atoms with van der Waals surface area (Å²) in [5, 5.41) is 40.2. The Morgan fingerprint density at radius 2 is 1.81 bits per heavy atom. The number of carbonyl (C=O) groups is 2. The number of phenols is 1. The second-order valence-electron chi connectivity index (χ2n) is 5.97. The Labute approximate surface area is 152 Å². The lowest BCUT2D eigenvalue weighted by Crippen LogP contribution is -2.53. The van der Waals surface area contributed by atoms with Gasteiger partial charge in [-0.25, -0.2) is 0 Å². The maximum absolute atomic E-state index is 12.7. The van der Waals surface area contributed by atoms with Crippen LogP contribution in [-0.4, -0.2) is 21.0 Å². The van der Waals surface area contributed by atoms with E-state index >= 15 is 0 Å². The normalized spacial score (nSPS) is 26.7. The van der Waals surface area contributed by atoms with Crippen LogP contribution in [0.1, 0.15) is 17.9 Å². The van der Waals surface area contributed by atoms with Crippen molar-refractivity contribution in [3.8, 4) is 24.0 Å². The SMILES string of the molecule is N#CC1=C(N)C(C#N)(C#N)C(c2ccc(O)cc2)C2(C1)SC(=O)NC2=O. The maximum atomic E-state index is 12.7. The molecule has 2 unspecified atom stereocenters. The largest absolute Gasteiger partial charge is 0.508 e. The highest BCUT2D eigenvalue weighted by Crippen LogP contribution is 2.60. The average Bonchev–Trinajstić information content (AvgIpc) is 2.91. The first-order valence-corrected chi connectivity index (χ1v) is 8.21. The van der Waals surface area contributed by atoms with E-state index in [1.54, 1.807) is 0 Å². The summed E-state index contributed by atoms with van der Waals surface area (Å²) in [7, 11) is 0. The Bertz CT molecular complexity index is 966. The number of nitrogens with one attached hydrogen (secondary N) is 1. The van der Waals surface area contributed by atoms with Gasteiger partial charge >= 0.3 is 0 Å². The molecule has 8 nitrogen and oxygen atoms in total. The fraction of sp³-hybridized carbons (Fsp3) is 0.235. The molecule has 128 valence electrons. The quantitative estimate of drug-likeness (QED) is 0.671. The Kier molecular flexibility index (Phi) is 3.87. The highest BCUT2D eigenvalue weighted by Gasteiger charge is 2.65. The zero-order valence-electron chi connectivity index (χ0n) is 13.2. The van der Waals surface area contributed by atoms with Crippen molar-refractivity contribution < 1.29 is 14.7 Å². The maximum Gasteiger partial charge on any atom is 0.286 e. The van der Waals surface area contributed by atoms with Crippen molar-refractivity contribution in [3.05, 3.63) is 41.1 Å². The number of imide groups is 1. The number of rotatable bonds is 1. The first-order chi connectivity index (χ1) is 12.3. The third kappa shape index (κ3) is 2.13. The molecule has 1 spiro atoms. The molecule has 1 aliphatic heterocycles. The number of nitrogens with two attached hydrogens (primary N) is 1.